The monoisotopic (exact) mass is 523 g/mol. The molecule has 2 unspecified atom stereocenters. The molecule has 0 bridgehead atoms. The lowest BCUT2D eigenvalue weighted by atomic mass is 9.93. The van der Waals surface area contributed by atoms with Crippen LogP contribution < -0.4 is 0 Å². The molecule has 11 heteroatoms. The molecule has 4 rings (SSSR count). The second kappa shape index (κ2) is 11.6. The van der Waals surface area contributed by atoms with E-state index in [0.717, 1.165) is 12.1 Å². The zero-order chi connectivity index (χ0) is 25.7. The fourth-order valence-corrected chi connectivity index (χ4v) is 6.73. The molecular formula is C25H31F2N3O5S. The lowest BCUT2D eigenvalue weighted by Crippen LogP contribution is -2.51. The van der Waals surface area contributed by atoms with Gasteiger partial charge in [0.05, 0.1) is 23.6 Å². The summed E-state index contributed by atoms with van der Waals surface area (Å²) in [5.41, 5.74) is 0.511. The van der Waals surface area contributed by atoms with Crippen LogP contribution in [0.15, 0.2) is 53.4 Å². The molecule has 0 spiro atoms. The summed E-state index contributed by atoms with van der Waals surface area (Å²) in [5.74, 6) is -1.03. The minimum absolute atomic E-state index is 0.0526. The Kier molecular flexibility index (Phi) is 8.55. The summed E-state index contributed by atoms with van der Waals surface area (Å²) in [7, 11) is -4.12. The average molecular weight is 524 g/mol. The highest BCUT2D eigenvalue weighted by Gasteiger charge is 2.41. The van der Waals surface area contributed by atoms with E-state index in [-0.39, 0.29) is 18.1 Å². The van der Waals surface area contributed by atoms with E-state index in [9.17, 15) is 22.0 Å². The lowest BCUT2D eigenvalue weighted by Gasteiger charge is -2.41. The standard InChI is InChI=1S/C25H31F2N3O5S/c26-20-7-9-23(10-8-20)36(33,34)30-22(5-2-6-24(30)19-3-1-4-21(27)17-19)18-35-25(32)29-13-11-28(12-14-29)15-16-31/h1,3-4,7-10,17,22,24,31H,2,5-6,11-16,18H2. The zero-order valence-electron chi connectivity index (χ0n) is 19.9. The predicted octanol–water partition coefficient (Wildman–Crippen LogP) is 3.00. The number of carbonyl (C=O) groups excluding carboxylic acids is 1. The van der Waals surface area contributed by atoms with E-state index in [1.807, 2.05) is 4.90 Å². The number of piperazine rings is 1. The number of aliphatic hydroxyl groups is 1. The van der Waals surface area contributed by atoms with Crippen LogP contribution in [0, 0.1) is 11.6 Å². The molecule has 2 saturated heterocycles. The van der Waals surface area contributed by atoms with Gasteiger partial charge in [0.15, 0.2) is 0 Å². The Hall–Kier alpha value is -2.60. The molecule has 1 N–H and O–H groups in total. The van der Waals surface area contributed by atoms with Gasteiger partial charge in [0.25, 0.3) is 0 Å². The first-order valence-electron chi connectivity index (χ1n) is 12.1. The fraction of sp³-hybridized carbons (Fsp3) is 0.480. The normalized spacial score (nSPS) is 21.9. The number of carbonyl (C=O) groups is 1. The number of sulfonamides is 1. The first kappa shape index (κ1) is 26.5. The van der Waals surface area contributed by atoms with E-state index in [4.69, 9.17) is 9.84 Å². The zero-order valence-corrected chi connectivity index (χ0v) is 20.7. The van der Waals surface area contributed by atoms with Crippen molar-refractivity contribution < 1.29 is 31.8 Å². The van der Waals surface area contributed by atoms with Crippen molar-refractivity contribution >= 4 is 16.1 Å². The van der Waals surface area contributed by atoms with Crippen molar-refractivity contribution in [2.75, 3.05) is 45.9 Å². The van der Waals surface area contributed by atoms with Gasteiger partial charge in [-0.1, -0.05) is 12.1 Å². The molecule has 0 aromatic heterocycles. The maximum atomic E-state index is 14.0. The molecule has 2 aliphatic rings. The maximum Gasteiger partial charge on any atom is 0.409 e. The summed E-state index contributed by atoms with van der Waals surface area (Å²) in [6.07, 6.45) is 1.08. The summed E-state index contributed by atoms with van der Waals surface area (Å²) in [5, 5.41) is 9.09. The Morgan fingerprint density at radius 1 is 1.00 bits per heavy atom. The second-order valence-corrected chi connectivity index (χ2v) is 10.9. The van der Waals surface area contributed by atoms with E-state index in [1.165, 1.54) is 34.6 Å². The number of piperidine rings is 1. The van der Waals surface area contributed by atoms with Crippen LogP contribution >= 0.6 is 0 Å². The van der Waals surface area contributed by atoms with Crippen molar-refractivity contribution in [1.29, 1.82) is 0 Å². The van der Waals surface area contributed by atoms with Crippen molar-refractivity contribution in [3.63, 3.8) is 0 Å². The van der Waals surface area contributed by atoms with Gasteiger partial charge in [-0.2, -0.15) is 4.31 Å². The molecule has 2 fully saturated rings. The third-order valence-corrected chi connectivity index (χ3v) is 8.73. The number of nitrogens with zero attached hydrogens (tertiary/aromatic N) is 3. The number of β-amino-alcohol motifs (C(OH)–C–C–N with tert-alkyl or cyclic N) is 1. The van der Waals surface area contributed by atoms with Crippen molar-refractivity contribution in [3.8, 4) is 0 Å². The predicted molar refractivity (Wildman–Crippen MR) is 129 cm³/mol. The summed E-state index contributed by atoms with van der Waals surface area (Å²) < 4.78 is 61.9. The Morgan fingerprint density at radius 2 is 1.72 bits per heavy atom. The van der Waals surface area contributed by atoms with Gasteiger partial charge in [0.2, 0.25) is 10.0 Å². The van der Waals surface area contributed by atoms with Gasteiger partial charge < -0.3 is 14.7 Å². The molecule has 2 atom stereocenters. The summed E-state index contributed by atoms with van der Waals surface area (Å²) in [6, 6.07) is 9.08. The number of halogens is 2. The summed E-state index contributed by atoms with van der Waals surface area (Å²) >= 11 is 0. The Labute approximate surface area is 210 Å². The van der Waals surface area contributed by atoms with Crippen LogP contribution in [0.2, 0.25) is 0 Å². The number of rotatable bonds is 7. The SMILES string of the molecule is O=C(OCC1CCCC(c2cccc(F)c2)N1S(=O)(=O)c1ccc(F)cc1)N1CCN(CCO)CC1. The van der Waals surface area contributed by atoms with Crippen LogP contribution in [0.4, 0.5) is 13.6 Å². The molecule has 2 aromatic carbocycles. The number of hydrogen-bond donors (Lipinski definition) is 1. The largest absolute Gasteiger partial charge is 0.448 e. The van der Waals surface area contributed by atoms with Crippen LogP contribution in [0.3, 0.4) is 0 Å². The van der Waals surface area contributed by atoms with Gasteiger partial charge in [-0.25, -0.2) is 22.0 Å². The van der Waals surface area contributed by atoms with Gasteiger partial charge in [0, 0.05) is 32.7 Å². The quantitative estimate of drug-likeness (QED) is 0.600. The highest BCUT2D eigenvalue weighted by Crippen LogP contribution is 2.39. The molecule has 36 heavy (non-hydrogen) atoms. The third kappa shape index (κ3) is 6.03. The smallest absolute Gasteiger partial charge is 0.409 e. The van der Waals surface area contributed by atoms with Gasteiger partial charge in [-0.15, -0.1) is 0 Å². The highest BCUT2D eigenvalue weighted by molar-refractivity contribution is 7.89. The molecule has 0 saturated carbocycles. The first-order chi connectivity index (χ1) is 17.3. The minimum Gasteiger partial charge on any atom is -0.448 e. The van der Waals surface area contributed by atoms with Gasteiger partial charge >= 0.3 is 6.09 Å². The molecule has 2 aliphatic heterocycles. The number of amides is 1. The lowest BCUT2D eigenvalue weighted by molar-refractivity contribution is 0.0467. The molecule has 2 aromatic rings. The molecule has 2 heterocycles. The highest BCUT2D eigenvalue weighted by atomic mass is 32.2. The molecule has 0 aliphatic carbocycles. The van der Waals surface area contributed by atoms with E-state index in [0.29, 0.717) is 57.5 Å². The van der Waals surface area contributed by atoms with E-state index in [2.05, 4.69) is 0 Å². The Bertz CT molecular complexity index is 1140. The van der Waals surface area contributed by atoms with Crippen LogP contribution in [-0.4, -0.2) is 85.7 Å². The topological polar surface area (TPSA) is 90.4 Å². The second-order valence-electron chi connectivity index (χ2n) is 9.07. The molecular weight excluding hydrogens is 492 g/mol. The Morgan fingerprint density at radius 3 is 2.39 bits per heavy atom. The first-order valence-corrected chi connectivity index (χ1v) is 13.5. The van der Waals surface area contributed by atoms with Gasteiger partial charge in [-0.3, -0.25) is 4.90 Å². The van der Waals surface area contributed by atoms with Crippen LogP contribution in [0.5, 0.6) is 0 Å². The number of ether oxygens (including phenoxy) is 1. The van der Waals surface area contributed by atoms with Gasteiger partial charge in [0.1, 0.15) is 18.2 Å². The fourth-order valence-electron chi connectivity index (χ4n) is 4.89. The Balaban J connectivity index is 1.55. The van der Waals surface area contributed by atoms with E-state index < -0.39 is 39.8 Å². The molecule has 8 nitrogen and oxygen atoms in total. The van der Waals surface area contributed by atoms with Crippen LogP contribution in [0.1, 0.15) is 30.9 Å². The van der Waals surface area contributed by atoms with Crippen molar-refractivity contribution in [2.45, 2.75) is 36.2 Å². The van der Waals surface area contributed by atoms with Crippen molar-refractivity contribution in [3.05, 3.63) is 65.7 Å². The number of hydrogen-bond acceptors (Lipinski definition) is 6. The van der Waals surface area contributed by atoms with Crippen molar-refractivity contribution in [2.24, 2.45) is 0 Å². The summed E-state index contributed by atoms with van der Waals surface area (Å²) in [6.45, 7) is 2.58. The van der Waals surface area contributed by atoms with E-state index in [1.54, 1.807) is 11.0 Å². The number of benzene rings is 2. The van der Waals surface area contributed by atoms with E-state index >= 15 is 0 Å². The van der Waals surface area contributed by atoms with Crippen LogP contribution in [0.25, 0.3) is 0 Å². The average Bonchev–Trinajstić information content (AvgIpc) is 2.88. The maximum absolute atomic E-state index is 14.0. The van der Waals surface area contributed by atoms with Crippen molar-refractivity contribution in [1.82, 2.24) is 14.1 Å². The molecule has 1 amide bonds. The number of aliphatic hydroxyl groups excluding tert-OH is 1. The molecule has 0 radical (unpaired) electrons. The van der Waals surface area contributed by atoms with Crippen LogP contribution in [-0.2, 0) is 14.8 Å². The summed E-state index contributed by atoms with van der Waals surface area (Å²) in [4.78, 5) is 16.3. The van der Waals surface area contributed by atoms with Gasteiger partial charge in [-0.05, 0) is 61.2 Å². The third-order valence-electron chi connectivity index (χ3n) is 6.75. The molecule has 196 valence electrons. The minimum atomic E-state index is -4.12.